The van der Waals surface area contributed by atoms with Crippen LogP contribution >= 0.6 is 0 Å². The molecule has 0 aromatic heterocycles. The Morgan fingerprint density at radius 1 is 1.00 bits per heavy atom. The fourth-order valence-electron chi connectivity index (χ4n) is 3.64. The second kappa shape index (κ2) is 16.7. The van der Waals surface area contributed by atoms with Crippen molar-refractivity contribution in [3.05, 3.63) is 48.6 Å². The molecule has 1 aromatic rings. The van der Waals surface area contributed by atoms with Crippen LogP contribution in [0.15, 0.2) is 37.4 Å². The smallest absolute Gasteiger partial charge is 0.154 e. The van der Waals surface area contributed by atoms with Gasteiger partial charge in [-0.15, -0.1) is 13.2 Å². The number of rotatable bonds is 8. The van der Waals surface area contributed by atoms with Crippen LogP contribution in [-0.2, 0) is 15.9 Å². The second-order valence-electron chi connectivity index (χ2n) is 6.75. The molecule has 2 unspecified atom stereocenters. The average molecular weight is 377 g/mol. The molecule has 1 aromatic carbocycles. The zero-order valence-corrected chi connectivity index (χ0v) is 17.9. The van der Waals surface area contributed by atoms with Crippen molar-refractivity contribution in [1.82, 2.24) is 0 Å². The monoisotopic (exact) mass is 376 g/mol. The van der Waals surface area contributed by atoms with Gasteiger partial charge in [-0.05, 0) is 51.0 Å². The first-order valence-corrected chi connectivity index (χ1v) is 10.4. The third-order valence-electron chi connectivity index (χ3n) is 5.01. The standard InChI is InChI=1S/C16H22O.C6H14O2.C2H4/c1-2-15-5-3-4-6-16(15)11-13-7-9-14(12-17)10-8-13;1-4-7-6(3)8-5-2;1-2/h7-10,12,15-16H,2-6,11H2,1H3;6H,4-5H2,1-3H3;1-2H2. The highest BCUT2D eigenvalue weighted by molar-refractivity contribution is 5.74. The topological polar surface area (TPSA) is 35.5 Å². The molecule has 3 nitrogen and oxygen atoms in total. The molecule has 0 amide bonds. The summed E-state index contributed by atoms with van der Waals surface area (Å²) >= 11 is 0. The van der Waals surface area contributed by atoms with E-state index in [1.165, 1.54) is 44.1 Å². The molecule has 0 aliphatic heterocycles. The quantitative estimate of drug-likeness (QED) is 0.296. The summed E-state index contributed by atoms with van der Waals surface area (Å²) in [5, 5.41) is 0. The molecule has 0 saturated heterocycles. The van der Waals surface area contributed by atoms with Crippen LogP contribution in [0.1, 0.15) is 75.7 Å². The summed E-state index contributed by atoms with van der Waals surface area (Å²) in [6.07, 6.45) is 8.99. The van der Waals surface area contributed by atoms with Gasteiger partial charge in [-0.1, -0.05) is 56.9 Å². The fourth-order valence-corrected chi connectivity index (χ4v) is 3.64. The molecular formula is C24H40O3. The largest absolute Gasteiger partial charge is 0.353 e. The number of ether oxygens (including phenoxy) is 2. The van der Waals surface area contributed by atoms with Gasteiger partial charge in [-0.25, -0.2) is 0 Å². The molecule has 2 atom stereocenters. The molecule has 0 N–H and O–H groups in total. The zero-order chi connectivity index (χ0) is 20.5. The highest BCUT2D eigenvalue weighted by Gasteiger charge is 2.23. The summed E-state index contributed by atoms with van der Waals surface area (Å²) in [4.78, 5) is 10.6. The molecular weight excluding hydrogens is 336 g/mol. The van der Waals surface area contributed by atoms with E-state index < -0.39 is 0 Å². The first-order chi connectivity index (χ1) is 13.1. The normalized spacial score (nSPS) is 18.7. The molecule has 0 bridgehead atoms. The summed E-state index contributed by atoms with van der Waals surface area (Å²) in [5.74, 6) is 1.77. The van der Waals surface area contributed by atoms with Gasteiger partial charge in [-0.3, -0.25) is 4.79 Å². The van der Waals surface area contributed by atoms with Crippen LogP contribution in [0.25, 0.3) is 0 Å². The van der Waals surface area contributed by atoms with Gasteiger partial charge in [0.1, 0.15) is 6.29 Å². The Bertz CT molecular complexity index is 463. The number of aldehydes is 1. The van der Waals surface area contributed by atoms with Crippen LogP contribution in [-0.4, -0.2) is 25.8 Å². The zero-order valence-electron chi connectivity index (χ0n) is 17.9. The third kappa shape index (κ3) is 11.1. The Balaban J connectivity index is 0.000000574. The van der Waals surface area contributed by atoms with E-state index >= 15 is 0 Å². The first kappa shape index (κ1) is 25.6. The van der Waals surface area contributed by atoms with Crippen molar-refractivity contribution in [2.24, 2.45) is 11.8 Å². The van der Waals surface area contributed by atoms with E-state index in [-0.39, 0.29) is 6.29 Å². The lowest BCUT2D eigenvalue weighted by Crippen LogP contribution is -2.20. The molecule has 27 heavy (non-hydrogen) atoms. The van der Waals surface area contributed by atoms with E-state index in [0.717, 1.165) is 36.9 Å². The highest BCUT2D eigenvalue weighted by atomic mass is 16.7. The van der Waals surface area contributed by atoms with Crippen LogP contribution in [0.3, 0.4) is 0 Å². The van der Waals surface area contributed by atoms with Gasteiger partial charge in [0.15, 0.2) is 6.29 Å². The molecule has 2 rings (SSSR count). The third-order valence-corrected chi connectivity index (χ3v) is 5.01. The maximum Gasteiger partial charge on any atom is 0.154 e. The van der Waals surface area contributed by atoms with Crippen LogP contribution in [0, 0.1) is 11.8 Å². The number of carbonyl (C=O) groups excluding carboxylic acids is 1. The fraction of sp³-hybridized carbons (Fsp3) is 0.625. The molecule has 3 heteroatoms. The predicted molar refractivity (Wildman–Crippen MR) is 115 cm³/mol. The van der Waals surface area contributed by atoms with Gasteiger partial charge >= 0.3 is 0 Å². The van der Waals surface area contributed by atoms with Crippen LogP contribution in [0.2, 0.25) is 0 Å². The van der Waals surface area contributed by atoms with Crippen molar-refractivity contribution in [3.63, 3.8) is 0 Å². The van der Waals surface area contributed by atoms with Crippen molar-refractivity contribution in [1.29, 1.82) is 0 Å². The maximum atomic E-state index is 10.6. The van der Waals surface area contributed by atoms with Crippen molar-refractivity contribution >= 4 is 6.29 Å². The molecule has 0 radical (unpaired) electrons. The van der Waals surface area contributed by atoms with E-state index in [4.69, 9.17) is 9.47 Å². The van der Waals surface area contributed by atoms with Gasteiger partial charge in [0.2, 0.25) is 0 Å². The number of hydrogen-bond acceptors (Lipinski definition) is 3. The van der Waals surface area contributed by atoms with Crippen LogP contribution in [0.5, 0.6) is 0 Å². The summed E-state index contributed by atoms with van der Waals surface area (Å²) in [5.41, 5.74) is 2.17. The van der Waals surface area contributed by atoms with Crippen molar-refractivity contribution < 1.29 is 14.3 Å². The molecule has 0 spiro atoms. The van der Waals surface area contributed by atoms with Crippen LogP contribution in [0.4, 0.5) is 0 Å². The minimum atomic E-state index is -0.0370. The second-order valence-corrected chi connectivity index (χ2v) is 6.75. The number of benzene rings is 1. The van der Waals surface area contributed by atoms with Gasteiger partial charge < -0.3 is 9.47 Å². The highest BCUT2D eigenvalue weighted by Crippen LogP contribution is 2.34. The van der Waals surface area contributed by atoms with E-state index in [1.807, 2.05) is 32.9 Å². The summed E-state index contributed by atoms with van der Waals surface area (Å²) < 4.78 is 10.1. The summed E-state index contributed by atoms with van der Waals surface area (Å²) in [7, 11) is 0. The molecule has 0 heterocycles. The predicted octanol–water partition coefficient (Wildman–Crippen LogP) is 6.47. The molecule has 1 saturated carbocycles. The molecule has 154 valence electrons. The Morgan fingerprint density at radius 2 is 1.52 bits per heavy atom. The van der Waals surface area contributed by atoms with E-state index in [9.17, 15) is 4.79 Å². The van der Waals surface area contributed by atoms with Crippen molar-refractivity contribution in [3.8, 4) is 0 Å². The van der Waals surface area contributed by atoms with E-state index in [1.54, 1.807) is 0 Å². The lowest BCUT2D eigenvalue weighted by molar-refractivity contribution is -0.123. The molecule has 1 aliphatic rings. The lowest BCUT2D eigenvalue weighted by Gasteiger charge is -2.31. The number of carbonyl (C=O) groups is 1. The van der Waals surface area contributed by atoms with E-state index in [0.29, 0.717) is 0 Å². The SMILES string of the molecule is C=C.CCC1CCCCC1Cc1ccc(C=O)cc1.CCOC(C)OCC. The Labute approximate surface area is 167 Å². The Kier molecular flexibility index (Phi) is 15.8. The summed E-state index contributed by atoms with van der Waals surface area (Å²) in [6, 6.07) is 8.11. The maximum absolute atomic E-state index is 10.6. The van der Waals surface area contributed by atoms with Gasteiger partial charge in [0, 0.05) is 18.8 Å². The minimum absolute atomic E-state index is 0.0370. The molecule has 1 fully saturated rings. The first-order valence-electron chi connectivity index (χ1n) is 10.4. The molecule has 1 aliphatic carbocycles. The average Bonchev–Trinajstić information content (AvgIpc) is 2.71. The lowest BCUT2D eigenvalue weighted by atomic mass is 9.75. The van der Waals surface area contributed by atoms with E-state index in [2.05, 4.69) is 32.2 Å². The van der Waals surface area contributed by atoms with Crippen molar-refractivity contribution in [2.45, 2.75) is 72.5 Å². The number of hydrogen-bond donors (Lipinski definition) is 0. The Morgan fingerprint density at radius 3 is 1.96 bits per heavy atom. The minimum Gasteiger partial charge on any atom is -0.353 e. The Hall–Kier alpha value is -1.45. The summed E-state index contributed by atoms with van der Waals surface area (Å²) in [6.45, 7) is 15.6. The van der Waals surface area contributed by atoms with Gasteiger partial charge in [0.25, 0.3) is 0 Å². The van der Waals surface area contributed by atoms with Gasteiger partial charge in [-0.2, -0.15) is 0 Å². The van der Waals surface area contributed by atoms with Crippen LogP contribution < -0.4 is 0 Å². The van der Waals surface area contributed by atoms with Crippen molar-refractivity contribution in [2.75, 3.05) is 13.2 Å². The van der Waals surface area contributed by atoms with Gasteiger partial charge in [0.05, 0.1) is 0 Å².